The maximum absolute atomic E-state index is 11.6. The average molecular weight is 268 g/mol. The van der Waals surface area contributed by atoms with Gasteiger partial charge in [-0.25, -0.2) is 9.78 Å². The van der Waals surface area contributed by atoms with Crippen LogP contribution in [0, 0.1) is 0 Å². The van der Waals surface area contributed by atoms with E-state index in [0.29, 0.717) is 16.8 Å². The van der Waals surface area contributed by atoms with Crippen LogP contribution < -0.4 is 5.63 Å². The minimum atomic E-state index is -0.329. The van der Waals surface area contributed by atoms with Gasteiger partial charge in [0.2, 0.25) is 5.89 Å². The Morgan fingerprint density at radius 2 is 2.13 bits per heavy atom. The third kappa shape index (κ3) is 1.95. The lowest BCUT2D eigenvalue weighted by molar-refractivity contribution is 0.424. The van der Waals surface area contributed by atoms with Gasteiger partial charge in [0, 0.05) is 10.4 Å². The molecule has 0 unspecified atom stereocenters. The normalized spacial score (nSPS) is 11.2. The zero-order chi connectivity index (χ0) is 11.0. The highest BCUT2D eigenvalue weighted by Gasteiger charge is 2.09. The van der Waals surface area contributed by atoms with Gasteiger partial charge in [0.05, 0.1) is 10.9 Å². The maximum Gasteiger partial charge on any atom is 0.346 e. The Labute approximate surface area is 95.3 Å². The number of rotatable bonds is 1. The van der Waals surface area contributed by atoms with Crippen molar-refractivity contribution in [2.45, 2.75) is 19.8 Å². The van der Waals surface area contributed by atoms with Crippen LogP contribution in [0.2, 0.25) is 0 Å². The summed E-state index contributed by atoms with van der Waals surface area (Å²) < 4.78 is 5.97. The monoisotopic (exact) mass is 267 g/mol. The van der Waals surface area contributed by atoms with Gasteiger partial charge in [0.15, 0.2) is 0 Å². The molecule has 0 aliphatic carbocycles. The lowest BCUT2D eigenvalue weighted by Gasteiger charge is -2.03. The average Bonchev–Trinajstić information content (AvgIpc) is 2.18. The van der Waals surface area contributed by atoms with Gasteiger partial charge in [-0.2, -0.15) is 0 Å². The molecular formula is C11H10BrNO2. The molecule has 0 aliphatic rings. The van der Waals surface area contributed by atoms with Crippen LogP contribution in [0.25, 0.3) is 10.9 Å². The standard InChI is InChI=1S/C11H10BrNO2/c1-6(2)10-13-9-4-3-7(12)5-8(9)11(14)15-10/h3-6H,1-2H3. The molecule has 2 rings (SSSR count). The number of halogens is 1. The molecule has 0 aliphatic heterocycles. The van der Waals surface area contributed by atoms with Crippen LogP contribution in [-0.4, -0.2) is 4.98 Å². The molecule has 4 heteroatoms. The van der Waals surface area contributed by atoms with Crippen molar-refractivity contribution in [3.63, 3.8) is 0 Å². The van der Waals surface area contributed by atoms with Gasteiger partial charge in [-0.15, -0.1) is 0 Å². The van der Waals surface area contributed by atoms with E-state index < -0.39 is 0 Å². The summed E-state index contributed by atoms with van der Waals surface area (Å²) in [4.78, 5) is 15.9. The zero-order valence-electron chi connectivity index (χ0n) is 8.45. The van der Waals surface area contributed by atoms with Crippen molar-refractivity contribution in [2.24, 2.45) is 0 Å². The minimum Gasteiger partial charge on any atom is -0.408 e. The van der Waals surface area contributed by atoms with Crippen molar-refractivity contribution in [1.82, 2.24) is 4.98 Å². The minimum absolute atomic E-state index is 0.116. The van der Waals surface area contributed by atoms with Crippen LogP contribution in [0.15, 0.2) is 31.9 Å². The molecule has 1 aromatic carbocycles. The molecule has 0 N–H and O–H groups in total. The van der Waals surface area contributed by atoms with E-state index in [1.54, 1.807) is 6.07 Å². The van der Waals surface area contributed by atoms with E-state index >= 15 is 0 Å². The topological polar surface area (TPSA) is 43.1 Å². The summed E-state index contributed by atoms with van der Waals surface area (Å²) in [6.45, 7) is 3.88. The fourth-order valence-corrected chi connectivity index (χ4v) is 1.67. The van der Waals surface area contributed by atoms with Gasteiger partial charge in [0.25, 0.3) is 0 Å². The number of nitrogens with zero attached hydrogens (tertiary/aromatic N) is 1. The number of hydrogen-bond donors (Lipinski definition) is 0. The van der Waals surface area contributed by atoms with E-state index in [1.807, 2.05) is 26.0 Å². The highest BCUT2D eigenvalue weighted by molar-refractivity contribution is 9.10. The van der Waals surface area contributed by atoms with Crippen LogP contribution in [0.5, 0.6) is 0 Å². The summed E-state index contributed by atoms with van der Waals surface area (Å²) in [5, 5.41) is 0.508. The largest absolute Gasteiger partial charge is 0.408 e. The Kier molecular flexibility index (Phi) is 2.61. The SMILES string of the molecule is CC(C)c1nc2ccc(Br)cc2c(=O)o1. The molecule has 78 valence electrons. The highest BCUT2D eigenvalue weighted by atomic mass is 79.9. The van der Waals surface area contributed by atoms with E-state index in [4.69, 9.17) is 4.42 Å². The first-order valence-corrected chi connectivity index (χ1v) is 5.47. The second-order valence-corrected chi connectivity index (χ2v) is 4.57. The molecule has 0 fully saturated rings. The van der Waals surface area contributed by atoms with Gasteiger partial charge in [-0.05, 0) is 18.2 Å². The molecule has 0 amide bonds. The predicted octanol–water partition coefficient (Wildman–Crippen LogP) is 3.07. The molecule has 0 saturated carbocycles. The highest BCUT2D eigenvalue weighted by Crippen LogP contribution is 2.18. The smallest absolute Gasteiger partial charge is 0.346 e. The molecule has 2 aromatic rings. The Hall–Kier alpha value is -1.16. The van der Waals surface area contributed by atoms with Crippen molar-refractivity contribution in [3.05, 3.63) is 39.0 Å². The maximum atomic E-state index is 11.6. The summed E-state index contributed by atoms with van der Waals surface area (Å²) in [7, 11) is 0. The fourth-order valence-electron chi connectivity index (χ4n) is 1.31. The number of aromatic nitrogens is 1. The molecule has 0 spiro atoms. The summed E-state index contributed by atoms with van der Waals surface area (Å²) in [6.07, 6.45) is 0. The van der Waals surface area contributed by atoms with E-state index in [9.17, 15) is 4.79 Å². The zero-order valence-corrected chi connectivity index (χ0v) is 10.0. The Morgan fingerprint density at radius 1 is 1.40 bits per heavy atom. The van der Waals surface area contributed by atoms with Gasteiger partial charge in [-0.1, -0.05) is 29.8 Å². The van der Waals surface area contributed by atoms with Crippen LogP contribution >= 0.6 is 15.9 Å². The predicted molar refractivity (Wildman–Crippen MR) is 62.1 cm³/mol. The third-order valence-corrected chi connectivity index (χ3v) is 2.59. The third-order valence-electron chi connectivity index (χ3n) is 2.10. The van der Waals surface area contributed by atoms with Crippen molar-refractivity contribution in [3.8, 4) is 0 Å². The molecule has 0 saturated heterocycles. The van der Waals surface area contributed by atoms with Crippen LogP contribution in [0.1, 0.15) is 25.7 Å². The Balaban J connectivity index is 2.79. The molecule has 0 radical (unpaired) electrons. The molecule has 3 nitrogen and oxygen atoms in total. The molecule has 0 bridgehead atoms. The second kappa shape index (κ2) is 3.77. The van der Waals surface area contributed by atoms with Crippen molar-refractivity contribution in [1.29, 1.82) is 0 Å². The number of hydrogen-bond acceptors (Lipinski definition) is 3. The van der Waals surface area contributed by atoms with Gasteiger partial charge in [-0.3, -0.25) is 0 Å². The van der Waals surface area contributed by atoms with Gasteiger partial charge < -0.3 is 4.42 Å². The summed E-state index contributed by atoms with van der Waals surface area (Å²) in [5.41, 5.74) is 0.350. The van der Waals surface area contributed by atoms with E-state index in [0.717, 1.165) is 4.47 Å². The van der Waals surface area contributed by atoms with E-state index in [1.165, 1.54) is 0 Å². The summed E-state index contributed by atoms with van der Waals surface area (Å²) in [5.74, 6) is 0.598. The summed E-state index contributed by atoms with van der Waals surface area (Å²) in [6, 6.07) is 5.39. The molecule has 15 heavy (non-hydrogen) atoms. The van der Waals surface area contributed by atoms with Crippen LogP contribution in [0.3, 0.4) is 0 Å². The van der Waals surface area contributed by atoms with E-state index in [2.05, 4.69) is 20.9 Å². The van der Waals surface area contributed by atoms with Crippen molar-refractivity contribution < 1.29 is 4.42 Å². The van der Waals surface area contributed by atoms with Crippen LogP contribution in [-0.2, 0) is 0 Å². The first-order chi connectivity index (χ1) is 7.08. The number of benzene rings is 1. The molecule has 1 heterocycles. The van der Waals surface area contributed by atoms with Crippen molar-refractivity contribution >= 4 is 26.8 Å². The Bertz CT molecular complexity index is 560. The quantitative estimate of drug-likeness (QED) is 0.798. The van der Waals surface area contributed by atoms with Crippen molar-refractivity contribution in [2.75, 3.05) is 0 Å². The lowest BCUT2D eigenvalue weighted by Crippen LogP contribution is -2.06. The molecular weight excluding hydrogens is 258 g/mol. The van der Waals surface area contributed by atoms with Crippen LogP contribution in [0.4, 0.5) is 0 Å². The van der Waals surface area contributed by atoms with Gasteiger partial charge >= 0.3 is 5.63 Å². The Morgan fingerprint density at radius 3 is 2.80 bits per heavy atom. The molecule has 1 aromatic heterocycles. The molecule has 0 atom stereocenters. The fraction of sp³-hybridized carbons (Fsp3) is 0.273. The first kappa shape index (κ1) is 10.4. The van der Waals surface area contributed by atoms with Gasteiger partial charge in [0.1, 0.15) is 0 Å². The first-order valence-electron chi connectivity index (χ1n) is 4.68. The lowest BCUT2D eigenvalue weighted by atomic mass is 10.2. The second-order valence-electron chi connectivity index (χ2n) is 3.66. The number of fused-ring (bicyclic) bond motifs is 1. The van der Waals surface area contributed by atoms with E-state index in [-0.39, 0.29) is 11.5 Å². The summed E-state index contributed by atoms with van der Waals surface area (Å²) >= 11 is 3.31.